The van der Waals surface area contributed by atoms with Gasteiger partial charge in [0, 0.05) is 22.6 Å². The van der Waals surface area contributed by atoms with E-state index in [0.29, 0.717) is 30.2 Å². The molecule has 3 rings (SSSR count). The first-order valence-corrected chi connectivity index (χ1v) is 8.34. The molecule has 0 aromatic heterocycles. The maximum atomic E-state index is 12.0. The zero-order chi connectivity index (χ0) is 17.6. The second kappa shape index (κ2) is 8.23. The van der Waals surface area contributed by atoms with Gasteiger partial charge in [-0.3, -0.25) is 4.79 Å². The molecule has 1 heterocycles. The predicted octanol–water partition coefficient (Wildman–Crippen LogP) is 3.89. The number of esters is 1. The highest BCUT2D eigenvalue weighted by molar-refractivity contribution is 6.30. The second-order valence-corrected chi connectivity index (χ2v) is 6.11. The van der Waals surface area contributed by atoms with Crippen molar-refractivity contribution in [3.63, 3.8) is 0 Å². The Balaban J connectivity index is 1.54. The number of fused-ring (bicyclic) bond motifs is 1. The van der Waals surface area contributed by atoms with Crippen LogP contribution in [-0.4, -0.2) is 19.9 Å². The predicted molar refractivity (Wildman–Crippen MR) is 92.8 cm³/mol. The molecule has 0 aliphatic carbocycles. The highest BCUT2D eigenvalue weighted by Crippen LogP contribution is 2.32. The molecule has 6 heteroatoms. The van der Waals surface area contributed by atoms with Crippen molar-refractivity contribution in [2.24, 2.45) is 0 Å². The molecule has 132 valence electrons. The maximum absolute atomic E-state index is 12.0. The van der Waals surface area contributed by atoms with Crippen LogP contribution in [0.1, 0.15) is 23.1 Å². The summed E-state index contributed by atoms with van der Waals surface area (Å²) in [7, 11) is 1.62. The minimum Gasteiger partial charge on any atom is -0.497 e. The summed E-state index contributed by atoms with van der Waals surface area (Å²) < 4.78 is 21.2. The second-order valence-electron chi connectivity index (χ2n) is 5.67. The Kier molecular flexibility index (Phi) is 5.79. The quantitative estimate of drug-likeness (QED) is 0.730. The first kappa shape index (κ1) is 17.6. The van der Waals surface area contributed by atoms with E-state index in [1.54, 1.807) is 19.2 Å². The number of methoxy groups -OCH3 is 1. The number of rotatable bonds is 6. The average Bonchev–Trinajstić information content (AvgIpc) is 2.64. The molecule has 0 unspecified atom stereocenters. The summed E-state index contributed by atoms with van der Waals surface area (Å²) in [6.45, 7) is 0.756. The number of hydrogen-bond acceptors (Lipinski definition) is 5. The molecule has 0 N–H and O–H groups in total. The molecule has 0 bridgehead atoms. The molecule has 1 aliphatic rings. The molecule has 1 aliphatic heterocycles. The van der Waals surface area contributed by atoms with E-state index in [0.717, 1.165) is 22.4 Å². The van der Waals surface area contributed by atoms with E-state index in [2.05, 4.69) is 0 Å². The summed E-state index contributed by atoms with van der Waals surface area (Å²) in [5.41, 5.74) is 2.67. The third-order valence-electron chi connectivity index (χ3n) is 3.92. The number of hydrogen-bond donors (Lipinski definition) is 0. The van der Waals surface area contributed by atoms with Crippen molar-refractivity contribution in [2.45, 2.75) is 26.1 Å². The highest BCUT2D eigenvalue weighted by Gasteiger charge is 2.17. The van der Waals surface area contributed by atoms with Gasteiger partial charge in [0.1, 0.15) is 18.1 Å². The average molecular weight is 363 g/mol. The van der Waals surface area contributed by atoms with Crippen LogP contribution >= 0.6 is 11.6 Å². The smallest absolute Gasteiger partial charge is 0.306 e. The van der Waals surface area contributed by atoms with E-state index in [4.69, 9.17) is 30.5 Å². The molecule has 0 fully saturated rings. The van der Waals surface area contributed by atoms with Gasteiger partial charge >= 0.3 is 5.97 Å². The van der Waals surface area contributed by atoms with E-state index >= 15 is 0 Å². The van der Waals surface area contributed by atoms with E-state index in [-0.39, 0.29) is 19.4 Å². The van der Waals surface area contributed by atoms with Crippen LogP contribution in [0.2, 0.25) is 5.02 Å². The summed E-state index contributed by atoms with van der Waals surface area (Å²) in [5, 5.41) is 0.567. The van der Waals surface area contributed by atoms with Crippen LogP contribution in [0.4, 0.5) is 0 Å². The Bertz CT molecular complexity index is 742. The SMILES string of the molecule is COc1ccc(CCC(=O)OCc2cc(Cl)cc3c2OCOC3)cc1. The Morgan fingerprint density at radius 2 is 2.04 bits per heavy atom. The summed E-state index contributed by atoms with van der Waals surface area (Å²) in [5.74, 6) is 1.22. The lowest BCUT2D eigenvalue weighted by molar-refractivity contribution is -0.145. The van der Waals surface area contributed by atoms with Gasteiger partial charge in [-0.15, -0.1) is 0 Å². The van der Waals surface area contributed by atoms with Crippen LogP contribution < -0.4 is 9.47 Å². The Morgan fingerprint density at radius 1 is 1.24 bits per heavy atom. The lowest BCUT2D eigenvalue weighted by Crippen LogP contribution is -2.14. The lowest BCUT2D eigenvalue weighted by atomic mass is 10.1. The number of halogens is 1. The molecule has 0 saturated carbocycles. The Labute approximate surface area is 151 Å². The van der Waals surface area contributed by atoms with Crippen molar-refractivity contribution in [3.05, 3.63) is 58.1 Å². The molecule has 0 atom stereocenters. The number of carbonyl (C=O) groups excluding carboxylic acids is 1. The highest BCUT2D eigenvalue weighted by atomic mass is 35.5. The van der Waals surface area contributed by atoms with Crippen LogP contribution in [0, 0.1) is 0 Å². The van der Waals surface area contributed by atoms with Crippen LogP contribution in [0.15, 0.2) is 36.4 Å². The summed E-state index contributed by atoms with van der Waals surface area (Å²) in [6.07, 6.45) is 0.917. The minimum atomic E-state index is -0.267. The monoisotopic (exact) mass is 362 g/mol. The molecule has 0 spiro atoms. The topological polar surface area (TPSA) is 54.0 Å². The summed E-state index contributed by atoms with van der Waals surface area (Å²) >= 11 is 6.10. The third kappa shape index (κ3) is 4.65. The van der Waals surface area contributed by atoms with Gasteiger partial charge in [0.2, 0.25) is 0 Å². The lowest BCUT2D eigenvalue weighted by Gasteiger charge is -2.21. The van der Waals surface area contributed by atoms with E-state index in [1.807, 2.05) is 24.3 Å². The fourth-order valence-corrected chi connectivity index (χ4v) is 2.90. The normalized spacial score (nSPS) is 12.9. The Morgan fingerprint density at radius 3 is 2.80 bits per heavy atom. The van der Waals surface area contributed by atoms with Crippen molar-refractivity contribution in [2.75, 3.05) is 13.9 Å². The van der Waals surface area contributed by atoms with Crippen LogP contribution in [0.25, 0.3) is 0 Å². The summed E-state index contributed by atoms with van der Waals surface area (Å²) in [6, 6.07) is 11.2. The number of aryl methyl sites for hydroxylation is 1. The number of ether oxygens (including phenoxy) is 4. The fourth-order valence-electron chi connectivity index (χ4n) is 2.63. The van der Waals surface area contributed by atoms with Gasteiger partial charge in [0.15, 0.2) is 6.79 Å². The molecule has 2 aromatic carbocycles. The van der Waals surface area contributed by atoms with Gasteiger partial charge < -0.3 is 18.9 Å². The molecule has 0 saturated heterocycles. The van der Waals surface area contributed by atoms with Gasteiger partial charge in [0.05, 0.1) is 13.7 Å². The molecule has 5 nitrogen and oxygen atoms in total. The van der Waals surface area contributed by atoms with Gasteiger partial charge in [-0.2, -0.15) is 0 Å². The van der Waals surface area contributed by atoms with Crippen LogP contribution in [0.5, 0.6) is 11.5 Å². The standard InChI is InChI=1S/C19H19ClO5/c1-22-17-5-2-13(3-6-17)4-7-18(21)24-11-15-9-16(20)8-14-10-23-12-25-19(14)15/h2-3,5-6,8-9H,4,7,10-12H2,1H3. The molecular formula is C19H19ClO5. The van der Waals surface area contributed by atoms with Crippen molar-refractivity contribution in [1.82, 2.24) is 0 Å². The number of benzene rings is 2. The molecule has 25 heavy (non-hydrogen) atoms. The van der Waals surface area contributed by atoms with Crippen molar-refractivity contribution < 1.29 is 23.7 Å². The molecule has 0 radical (unpaired) electrons. The fraction of sp³-hybridized carbons (Fsp3) is 0.316. The maximum Gasteiger partial charge on any atom is 0.306 e. The first-order valence-electron chi connectivity index (χ1n) is 7.96. The minimum absolute atomic E-state index is 0.129. The van der Waals surface area contributed by atoms with E-state index < -0.39 is 0 Å². The van der Waals surface area contributed by atoms with Gasteiger partial charge in [-0.25, -0.2) is 0 Å². The van der Waals surface area contributed by atoms with Crippen molar-refractivity contribution in [1.29, 1.82) is 0 Å². The van der Waals surface area contributed by atoms with Crippen LogP contribution in [0.3, 0.4) is 0 Å². The van der Waals surface area contributed by atoms with E-state index in [1.165, 1.54) is 0 Å². The third-order valence-corrected chi connectivity index (χ3v) is 4.14. The van der Waals surface area contributed by atoms with Gasteiger partial charge in [0.25, 0.3) is 0 Å². The first-order chi connectivity index (χ1) is 12.2. The summed E-state index contributed by atoms with van der Waals surface area (Å²) in [4.78, 5) is 12.0. The molecule has 2 aromatic rings. The van der Waals surface area contributed by atoms with Gasteiger partial charge in [-0.05, 0) is 36.2 Å². The van der Waals surface area contributed by atoms with Crippen LogP contribution in [-0.2, 0) is 33.9 Å². The largest absolute Gasteiger partial charge is 0.497 e. The van der Waals surface area contributed by atoms with E-state index in [9.17, 15) is 4.79 Å². The molecule has 0 amide bonds. The Hall–Kier alpha value is -2.24. The van der Waals surface area contributed by atoms with Crippen molar-refractivity contribution in [3.8, 4) is 11.5 Å². The zero-order valence-corrected chi connectivity index (χ0v) is 14.7. The zero-order valence-electron chi connectivity index (χ0n) is 13.9. The van der Waals surface area contributed by atoms with Crippen molar-refractivity contribution >= 4 is 17.6 Å². The van der Waals surface area contributed by atoms with Gasteiger partial charge in [-0.1, -0.05) is 23.7 Å². The molecular weight excluding hydrogens is 344 g/mol. The number of carbonyl (C=O) groups is 1.